The van der Waals surface area contributed by atoms with Crippen LogP contribution in [0.4, 0.5) is 5.69 Å². The van der Waals surface area contributed by atoms with Crippen LogP contribution in [0.25, 0.3) is 0 Å². The summed E-state index contributed by atoms with van der Waals surface area (Å²) in [5.74, 6) is 0.311. The first-order valence-corrected chi connectivity index (χ1v) is 11.6. The van der Waals surface area contributed by atoms with Crippen molar-refractivity contribution in [2.75, 3.05) is 38.3 Å². The predicted octanol–water partition coefficient (Wildman–Crippen LogP) is 3.92. The molecule has 0 atom stereocenters. The maximum atomic E-state index is 13.3. The van der Waals surface area contributed by atoms with E-state index in [0.29, 0.717) is 23.5 Å². The Kier molecular flexibility index (Phi) is 7.64. The van der Waals surface area contributed by atoms with E-state index in [4.69, 9.17) is 4.74 Å². The molecule has 0 saturated carbocycles. The van der Waals surface area contributed by atoms with Crippen LogP contribution in [-0.4, -0.2) is 60.9 Å². The zero-order valence-electron chi connectivity index (χ0n) is 21.0. The fourth-order valence-electron chi connectivity index (χ4n) is 3.92. The van der Waals surface area contributed by atoms with Gasteiger partial charge in [-0.25, -0.2) is 0 Å². The van der Waals surface area contributed by atoms with Gasteiger partial charge in [0.25, 0.3) is 5.91 Å². The predicted molar refractivity (Wildman–Crippen MR) is 133 cm³/mol. The molecule has 3 rings (SSSR count). The lowest BCUT2D eigenvalue weighted by Gasteiger charge is -2.27. The molecule has 0 aromatic heterocycles. The van der Waals surface area contributed by atoms with Gasteiger partial charge in [0.1, 0.15) is 25.5 Å². The second-order valence-electron chi connectivity index (χ2n) is 10.2. The van der Waals surface area contributed by atoms with Crippen molar-refractivity contribution in [2.24, 2.45) is 5.92 Å². The molecule has 0 unspecified atom stereocenters. The Morgan fingerprint density at radius 1 is 1.03 bits per heavy atom. The van der Waals surface area contributed by atoms with E-state index in [1.807, 2.05) is 38.1 Å². The summed E-state index contributed by atoms with van der Waals surface area (Å²) in [7, 11) is 1.58. The summed E-state index contributed by atoms with van der Waals surface area (Å²) in [5, 5.41) is 0. The van der Waals surface area contributed by atoms with Crippen LogP contribution in [0, 0.1) is 5.92 Å². The van der Waals surface area contributed by atoms with Gasteiger partial charge in [0.15, 0.2) is 0 Å². The Labute approximate surface area is 202 Å². The number of rotatable bonds is 7. The van der Waals surface area contributed by atoms with Crippen LogP contribution in [0.15, 0.2) is 48.5 Å². The number of carbonyl (C=O) groups is 3. The Bertz CT molecular complexity index is 1020. The van der Waals surface area contributed by atoms with E-state index in [9.17, 15) is 14.4 Å². The highest BCUT2D eigenvalue weighted by Gasteiger charge is 2.33. The maximum absolute atomic E-state index is 13.3. The summed E-state index contributed by atoms with van der Waals surface area (Å²) in [6.45, 7) is 10.9. The first-order valence-electron chi connectivity index (χ1n) is 11.6. The third-order valence-corrected chi connectivity index (χ3v) is 5.87. The molecular formula is C27H35N3O4. The first kappa shape index (κ1) is 25.3. The van der Waals surface area contributed by atoms with Crippen LogP contribution in [0.2, 0.25) is 0 Å². The molecule has 182 valence electrons. The van der Waals surface area contributed by atoms with Crippen molar-refractivity contribution in [2.45, 2.75) is 40.0 Å². The van der Waals surface area contributed by atoms with Gasteiger partial charge in [0, 0.05) is 17.8 Å². The van der Waals surface area contributed by atoms with Crippen molar-refractivity contribution in [3.8, 4) is 5.75 Å². The second kappa shape index (κ2) is 10.3. The number of hydrogen-bond donors (Lipinski definition) is 0. The topological polar surface area (TPSA) is 70.2 Å². The van der Waals surface area contributed by atoms with Crippen LogP contribution in [0.3, 0.4) is 0 Å². The molecule has 0 radical (unpaired) electrons. The third-order valence-electron chi connectivity index (χ3n) is 5.87. The number of methoxy groups -OCH3 is 1. The van der Waals surface area contributed by atoms with Gasteiger partial charge in [-0.1, -0.05) is 46.8 Å². The number of hydrogen-bond acceptors (Lipinski definition) is 4. The van der Waals surface area contributed by atoms with Gasteiger partial charge < -0.3 is 14.5 Å². The molecule has 0 N–H and O–H groups in total. The van der Waals surface area contributed by atoms with E-state index in [1.165, 1.54) is 4.90 Å². The summed E-state index contributed by atoms with van der Waals surface area (Å²) in [4.78, 5) is 43.6. The molecule has 0 aliphatic carbocycles. The lowest BCUT2D eigenvalue weighted by Crippen LogP contribution is -2.44. The van der Waals surface area contributed by atoms with E-state index in [-0.39, 0.29) is 48.8 Å². The quantitative estimate of drug-likeness (QED) is 0.621. The first-order chi connectivity index (χ1) is 16.0. The van der Waals surface area contributed by atoms with Crippen LogP contribution in [0.5, 0.6) is 5.75 Å². The Morgan fingerprint density at radius 3 is 2.18 bits per heavy atom. The van der Waals surface area contributed by atoms with E-state index in [1.54, 1.807) is 41.2 Å². The number of carbonyl (C=O) groups excluding carboxylic acids is 3. The van der Waals surface area contributed by atoms with Crippen molar-refractivity contribution < 1.29 is 19.1 Å². The Hall–Kier alpha value is -3.35. The molecule has 1 aliphatic rings. The van der Waals surface area contributed by atoms with Gasteiger partial charge in [-0.3, -0.25) is 19.3 Å². The second-order valence-corrected chi connectivity index (χ2v) is 10.2. The standard InChI is InChI=1S/C27H35N3O4/c1-19(2)15-28(26(33)20-7-9-21(10-8-20)27(3,4)5)16-24(31)29-17-25(32)30(18-29)22-11-13-23(34-6)14-12-22/h7-14,19H,15-18H2,1-6H3. The van der Waals surface area contributed by atoms with Crippen molar-refractivity contribution in [3.05, 3.63) is 59.7 Å². The highest BCUT2D eigenvalue weighted by atomic mass is 16.5. The molecule has 0 bridgehead atoms. The number of nitrogens with zero attached hydrogens (tertiary/aromatic N) is 3. The molecule has 2 aromatic rings. The molecule has 1 fully saturated rings. The molecule has 0 spiro atoms. The molecule has 34 heavy (non-hydrogen) atoms. The summed E-state index contributed by atoms with van der Waals surface area (Å²) in [6, 6.07) is 14.7. The zero-order chi connectivity index (χ0) is 25.0. The van der Waals surface area contributed by atoms with Crippen molar-refractivity contribution in [1.82, 2.24) is 9.80 Å². The van der Waals surface area contributed by atoms with Gasteiger partial charge in [0.2, 0.25) is 11.8 Å². The fraction of sp³-hybridized carbons (Fsp3) is 0.444. The number of ether oxygens (including phenoxy) is 1. The van der Waals surface area contributed by atoms with E-state index < -0.39 is 0 Å². The Balaban J connectivity index is 1.71. The van der Waals surface area contributed by atoms with Crippen LogP contribution in [-0.2, 0) is 15.0 Å². The van der Waals surface area contributed by atoms with Gasteiger partial charge >= 0.3 is 0 Å². The molecule has 1 saturated heterocycles. The molecule has 3 amide bonds. The highest BCUT2D eigenvalue weighted by Crippen LogP contribution is 2.24. The monoisotopic (exact) mass is 465 g/mol. The van der Waals surface area contributed by atoms with E-state index >= 15 is 0 Å². The highest BCUT2D eigenvalue weighted by molar-refractivity contribution is 6.01. The normalized spacial score (nSPS) is 14.0. The number of benzene rings is 2. The molecule has 1 aliphatic heterocycles. The minimum absolute atomic E-state index is 0.00511. The summed E-state index contributed by atoms with van der Waals surface area (Å²) >= 11 is 0. The van der Waals surface area contributed by atoms with Gasteiger partial charge in [0.05, 0.1) is 7.11 Å². The van der Waals surface area contributed by atoms with Crippen molar-refractivity contribution in [3.63, 3.8) is 0 Å². The van der Waals surface area contributed by atoms with Crippen molar-refractivity contribution >= 4 is 23.4 Å². The van der Waals surface area contributed by atoms with Gasteiger partial charge in [-0.15, -0.1) is 0 Å². The molecule has 2 aromatic carbocycles. The number of amides is 3. The fourth-order valence-corrected chi connectivity index (χ4v) is 3.92. The van der Waals surface area contributed by atoms with Gasteiger partial charge in [-0.05, 0) is 53.3 Å². The third kappa shape index (κ3) is 5.95. The van der Waals surface area contributed by atoms with E-state index in [2.05, 4.69) is 20.8 Å². The molecular weight excluding hydrogens is 430 g/mol. The summed E-state index contributed by atoms with van der Waals surface area (Å²) in [5.41, 5.74) is 2.39. The molecule has 1 heterocycles. The minimum Gasteiger partial charge on any atom is -0.497 e. The largest absolute Gasteiger partial charge is 0.497 e. The maximum Gasteiger partial charge on any atom is 0.254 e. The van der Waals surface area contributed by atoms with Gasteiger partial charge in [-0.2, -0.15) is 0 Å². The zero-order valence-corrected chi connectivity index (χ0v) is 21.0. The smallest absolute Gasteiger partial charge is 0.254 e. The van der Waals surface area contributed by atoms with Crippen LogP contribution < -0.4 is 9.64 Å². The summed E-state index contributed by atoms with van der Waals surface area (Å²) < 4.78 is 5.17. The number of anilines is 1. The minimum atomic E-state index is -0.246. The molecule has 7 heteroatoms. The molecule has 7 nitrogen and oxygen atoms in total. The summed E-state index contributed by atoms with van der Waals surface area (Å²) in [6.07, 6.45) is 0. The lowest BCUT2D eigenvalue weighted by atomic mass is 9.86. The average Bonchev–Trinajstić information content (AvgIpc) is 3.19. The Morgan fingerprint density at radius 2 is 1.65 bits per heavy atom. The average molecular weight is 466 g/mol. The lowest BCUT2D eigenvalue weighted by molar-refractivity contribution is -0.132. The van der Waals surface area contributed by atoms with Crippen LogP contribution >= 0.6 is 0 Å². The van der Waals surface area contributed by atoms with Crippen molar-refractivity contribution in [1.29, 1.82) is 0 Å². The van der Waals surface area contributed by atoms with Crippen LogP contribution in [0.1, 0.15) is 50.5 Å². The van der Waals surface area contributed by atoms with E-state index in [0.717, 1.165) is 5.56 Å². The SMILES string of the molecule is COc1ccc(N2CN(C(=O)CN(CC(C)C)C(=O)c3ccc(C(C)(C)C)cc3)CC2=O)cc1.